The van der Waals surface area contributed by atoms with E-state index in [0.717, 1.165) is 0 Å². The normalized spacial score (nSPS) is 23.9. The van der Waals surface area contributed by atoms with Crippen LogP contribution in [0.1, 0.15) is 81.0 Å². The van der Waals surface area contributed by atoms with E-state index in [-0.39, 0.29) is 0 Å². The average Bonchev–Trinajstić information content (AvgIpc) is 3.27. The third-order valence-corrected chi connectivity index (χ3v) is 6.71. The molecular formula is C27H34N2. The highest BCUT2D eigenvalue weighted by atomic mass is 14.9. The van der Waals surface area contributed by atoms with Crippen molar-refractivity contribution >= 4 is 22.8 Å². The lowest BCUT2D eigenvalue weighted by molar-refractivity contribution is 0.736. The number of hydrogen-bond donors (Lipinski definition) is 0. The molecule has 0 aliphatic heterocycles. The van der Waals surface area contributed by atoms with Crippen molar-refractivity contribution in [3.63, 3.8) is 0 Å². The van der Waals surface area contributed by atoms with Gasteiger partial charge in [0.1, 0.15) is 0 Å². The molecule has 29 heavy (non-hydrogen) atoms. The van der Waals surface area contributed by atoms with Crippen LogP contribution in [0.5, 0.6) is 0 Å². The van der Waals surface area contributed by atoms with Gasteiger partial charge < -0.3 is 0 Å². The zero-order valence-electron chi connectivity index (χ0n) is 18.8. The molecule has 2 aromatic carbocycles. The van der Waals surface area contributed by atoms with Crippen LogP contribution >= 0.6 is 0 Å². The summed E-state index contributed by atoms with van der Waals surface area (Å²) >= 11 is 0. The molecule has 2 saturated carbocycles. The number of hydrogen-bond acceptors (Lipinski definition) is 2. The van der Waals surface area contributed by atoms with E-state index in [0.29, 0.717) is 23.7 Å². The first-order valence-electron chi connectivity index (χ1n) is 11.2. The van der Waals surface area contributed by atoms with Gasteiger partial charge in [-0.15, -0.1) is 0 Å². The fraction of sp³-hybridized carbons (Fsp3) is 0.481. The molecule has 0 amide bonds. The second-order valence-corrected chi connectivity index (χ2v) is 9.54. The van der Waals surface area contributed by atoms with Crippen molar-refractivity contribution in [2.24, 2.45) is 21.8 Å². The number of nitrogens with zero attached hydrogens (tertiary/aromatic N) is 2. The smallest absolute Gasteiger partial charge is 0.0697 e. The first kappa shape index (κ1) is 20.1. The quantitative estimate of drug-likeness (QED) is 0.511. The number of rotatable bonds is 4. The van der Waals surface area contributed by atoms with Gasteiger partial charge >= 0.3 is 0 Å². The Hall–Kier alpha value is -2.22. The van der Waals surface area contributed by atoms with E-state index < -0.39 is 0 Å². The molecule has 0 saturated heterocycles. The summed E-state index contributed by atoms with van der Waals surface area (Å²) in [5, 5.41) is 0. The van der Waals surface area contributed by atoms with Crippen LogP contribution in [0.25, 0.3) is 0 Å². The number of fused-ring (bicyclic) bond motifs is 2. The van der Waals surface area contributed by atoms with E-state index in [9.17, 15) is 0 Å². The maximum Gasteiger partial charge on any atom is 0.0697 e. The van der Waals surface area contributed by atoms with E-state index in [1.165, 1.54) is 64.3 Å². The Balaban J connectivity index is 1.86. The van der Waals surface area contributed by atoms with Crippen LogP contribution in [0.2, 0.25) is 0 Å². The molecule has 152 valence electrons. The highest BCUT2D eigenvalue weighted by molar-refractivity contribution is 6.47. The highest BCUT2D eigenvalue weighted by Crippen LogP contribution is 2.44. The molecule has 2 aromatic rings. The first-order chi connectivity index (χ1) is 13.9. The summed E-state index contributed by atoms with van der Waals surface area (Å²) in [6.07, 6.45) is 3.75. The largest absolute Gasteiger partial charge is 0.251 e. The molecule has 0 spiro atoms. The topological polar surface area (TPSA) is 24.7 Å². The number of aryl methyl sites for hydroxylation is 2. The minimum Gasteiger partial charge on any atom is -0.251 e. The Morgan fingerprint density at radius 1 is 0.690 bits per heavy atom. The van der Waals surface area contributed by atoms with Crippen LogP contribution in [0.15, 0.2) is 46.4 Å². The zero-order chi connectivity index (χ0) is 20.7. The van der Waals surface area contributed by atoms with Gasteiger partial charge in [-0.2, -0.15) is 0 Å². The SMILES string of the molecule is Cc1cccc(C(C)C)c1N=C1C(=Nc2c(C)cccc2C(C)C)C2CCC1C2. The summed E-state index contributed by atoms with van der Waals surface area (Å²) in [5.41, 5.74) is 10.1. The van der Waals surface area contributed by atoms with Crippen molar-refractivity contribution in [1.29, 1.82) is 0 Å². The highest BCUT2D eigenvalue weighted by Gasteiger charge is 2.42. The Bertz CT molecular complexity index is 899. The van der Waals surface area contributed by atoms with Crippen molar-refractivity contribution in [3.8, 4) is 0 Å². The number of para-hydroxylation sites is 2. The molecule has 2 nitrogen and oxygen atoms in total. The van der Waals surface area contributed by atoms with Crippen LogP contribution in [0.4, 0.5) is 11.4 Å². The first-order valence-corrected chi connectivity index (χ1v) is 11.2. The molecule has 0 N–H and O–H groups in total. The molecular weight excluding hydrogens is 352 g/mol. The summed E-state index contributed by atoms with van der Waals surface area (Å²) in [6, 6.07) is 13.2. The lowest BCUT2D eigenvalue weighted by Gasteiger charge is -2.20. The summed E-state index contributed by atoms with van der Waals surface area (Å²) in [5.74, 6) is 2.09. The van der Waals surface area contributed by atoms with Crippen LogP contribution in [-0.2, 0) is 0 Å². The fourth-order valence-corrected chi connectivity index (χ4v) is 5.04. The number of benzene rings is 2. The molecule has 4 rings (SSSR count). The average molecular weight is 387 g/mol. The van der Waals surface area contributed by atoms with Gasteiger partial charge in [0.05, 0.1) is 22.8 Å². The van der Waals surface area contributed by atoms with Crippen molar-refractivity contribution in [2.75, 3.05) is 0 Å². The monoisotopic (exact) mass is 386 g/mol. The van der Waals surface area contributed by atoms with Gasteiger partial charge in [0.15, 0.2) is 0 Å². The Kier molecular flexibility index (Phi) is 5.46. The van der Waals surface area contributed by atoms with Crippen molar-refractivity contribution in [3.05, 3.63) is 58.7 Å². The molecule has 2 atom stereocenters. The molecule has 2 bridgehead atoms. The predicted octanol–water partition coefficient (Wildman–Crippen LogP) is 7.83. The Labute approximate surface area is 176 Å². The summed E-state index contributed by atoms with van der Waals surface area (Å²) in [4.78, 5) is 10.7. The van der Waals surface area contributed by atoms with Gasteiger partial charge in [-0.25, -0.2) is 0 Å². The van der Waals surface area contributed by atoms with Crippen LogP contribution in [-0.4, -0.2) is 11.4 Å². The molecule has 2 unspecified atom stereocenters. The molecule has 2 fully saturated rings. The van der Waals surface area contributed by atoms with Crippen LogP contribution < -0.4 is 0 Å². The van der Waals surface area contributed by atoms with E-state index >= 15 is 0 Å². The van der Waals surface area contributed by atoms with E-state index in [4.69, 9.17) is 9.98 Å². The maximum absolute atomic E-state index is 5.33. The Morgan fingerprint density at radius 3 is 1.48 bits per heavy atom. The third-order valence-electron chi connectivity index (χ3n) is 6.71. The van der Waals surface area contributed by atoms with Gasteiger partial charge in [0.25, 0.3) is 0 Å². The van der Waals surface area contributed by atoms with Gasteiger partial charge in [0.2, 0.25) is 0 Å². The predicted molar refractivity (Wildman–Crippen MR) is 126 cm³/mol. The van der Waals surface area contributed by atoms with E-state index in [2.05, 4.69) is 77.9 Å². The summed E-state index contributed by atoms with van der Waals surface area (Å²) in [6.45, 7) is 13.4. The van der Waals surface area contributed by atoms with Crippen molar-refractivity contribution in [1.82, 2.24) is 0 Å². The van der Waals surface area contributed by atoms with Gasteiger partial charge in [-0.05, 0) is 67.2 Å². The van der Waals surface area contributed by atoms with E-state index in [1.54, 1.807) is 0 Å². The fourth-order valence-electron chi connectivity index (χ4n) is 5.04. The molecule has 0 radical (unpaired) electrons. The number of aliphatic imine (C=N–C) groups is 2. The molecule has 2 heteroatoms. The third kappa shape index (κ3) is 3.70. The van der Waals surface area contributed by atoms with Gasteiger partial charge in [-0.1, -0.05) is 64.1 Å². The van der Waals surface area contributed by atoms with Gasteiger partial charge in [0, 0.05) is 11.8 Å². The lowest BCUT2D eigenvalue weighted by Crippen LogP contribution is -2.22. The van der Waals surface area contributed by atoms with E-state index in [1.807, 2.05) is 0 Å². The Morgan fingerprint density at radius 2 is 1.10 bits per heavy atom. The second-order valence-electron chi connectivity index (χ2n) is 9.54. The molecule has 2 aliphatic carbocycles. The maximum atomic E-state index is 5.33. The van der Waals surface area contributed by atoms with Gasteiger partial charge in [-0.3, -0.25) is 9.98 Å². The standard InChI is InChI=1S/C27H34N2/c1-16(2)22-11-7-9-18(5)24(22)28-26-20-13-14-21(15-20)27(26)29-25-19(6)10-8-12-23(25)17(3)4/h7-12,16-17,20-21H,13-15H2,1-6H3. The van der Waals surface area contributed by atoms with Crippen molar-refractivity contribution in [2.45, 2.75) is 72.6 Å². The lowest BCUT2D eigenvalue weighted by atomic mass is 9.93. The second kappa shape index (κ2) is 7.89. The summed E-state index contributed by atoms with van der Waals surface area (Å²) < 4.78 is 0. The molecule has 0 aromatic heterocycles. The van der Waals surface area contributed by atoms with Crippen molar-refractivity contribution < 1.29 is 0 Å². The minimum atomic E-state index is 0.470. The van der Waals surface area contributed by atoms with Crippen LogP contribution in [0.3, 0.4) is 0 Å². The molecule has 2 aliphatic rings. The minimum absolute atomic E-state index is 0.470. The molecule has 0 heterocycles. The van der Waals surface area contributed by atoms with Crippen LogP contribution in [0, 0.1) is 25.7 Å². The zero-order valence-corrected chi connectivity index (χ0v) is 18.8. The summed E-state index contributed by atoms with van der Waals surface area (Å²) in [7, 11) is 0.